The Bertz CT molecular complexity index is 339. The van der Waals surface area contributed by atoms with Crippen molar-refractivity contribution < 1.29 is 4.79 Å². The van der Waals surface area contributed by atoms with Crippen LogP contribution in [0.25, 0.3) is 0 Å². The first-order valence-corrected chi connectivity index (χ1v) is 5.18. The molecule has 0 aliphatic carbocycles. The van der Waals surface area contributed by atoms with E-state index in [4.69, 9.17) is 5.73 Å². The van der Waals surface area contributed by atoms with E-state index in [1.54, 1.807) is 6.07 Å². The smallest absolute Gasteiger partial charge is 0.166 e. The number of anilines is 1. The summed E-state index contributed by atoms with van der Waals surface area (Å²) in [6.07, 6.45) is 0.469. The minimum Gasteiger partial charge on any atom is -0.397 e. The van der Waals surface area contributed by atoms with Crippen LogP contribution in [0.15, 0.2) is 22.7 Å². The van der Waals surface area contributed by atoms with Crippen LogP contribution in [-0.4, -0.2) is 19.4 Å². The number of carbonyl (C=O) groups is 1. The highest BCUT2D eigenvalue weighted by molar-refractivity contribution is 9.10. The topological polar surface area (TPSA) is 55.1 Å². The lowest BCUT2D eigenvalue weighted by Crippen LogP contribution is -2.14. The molecule has 0 spiro atoms. The Morgan fingerprint density at radius 2 is 2.29 bits per heavy atom. The van der Waals surface area contributed by atoms with Crippen molar-refractivity contribution in [3.05, 3.63) is 28.2 Å². The van der Waals surface area contributed by atoms with Gasteiger partial charge in [0, 0.05) is 23.0 Å². The van der Waals surface area contributed by atoms with Gasteiger partial charge in [0.25, 0.3) is 0 Å². The van der Waals surface area contributed by atoms with E-state index in [9.17, 15) is 4.79 Å². The molecule has 0 unspecified atom stereocenters. The zero-order valence-corrected chi connectivity index (χ0v) is 9.60. The van der Waals surface area contributed by atoms with Gasteiger partial charge in [-0.1, -0.05) is 6.07 Å². The molecule has 0 saturated carbocycles. The van der Waals surface area contributed by atoms with Crippen LogP contribution in [0, 0.1) is 0 Å². The van der Waals surface area contributed by atoms with Crippen molar-refractivity contribution in [2.45, 2.75) is 6.42 Å². The Morgan fingerprint density at radius 1 is 1.57 bits per heavy atom. The minimum atomic E-state index is 0.0677. The number of rotatable bonds is 4. The van der Waals surface area contributed by atoms with Gasteiger partial charge in [-0.2, -0.15) is 0 Å². The van der Waals surface area contributed by atoms with Crippen LogP contribution in [0.2, 0.25) is 0 Å². The number of carbonyl (C=O) groups excluding carboxylic acids is 1. The molecule has 0 atom stereocenters. The van der Waals surface area contributed by atoms with Crippen LogP contribution in [0.5, 0.6) is 0 Å². The van der Waals surface area contributed by atoms with Gasteiger partial charge in [0.1, 0.15) is 0 Å². The number of hydrogen-bond donors (Lipinski definition) is 2. The summed E-state index contributed by atoms with van der Waals surface area (Å²) >= 11 is 3.29. The third-order valence-electron chi connectivity index (χ3n) is 1.96. The Kier molecular flexibility index (Phi) is 4.10. The molecule has 0 heterocycles. The number of nitrogens with two attached hydrogens (primary N) is 1. The highest BCUT2D eigenvalue weighted by atomic mass is 79.9. The second-order valence-corrected chi connectivity index (χ2v) is 3.83. The summed E-state index contributed by atoms with van der Waals surface area (Å²) in [6.45, 7) is 0.671. The maximum Gasteiger partial charge on any atom is 0.166 e. The number of halogens is 1. The standard InChI is InChI=1S/C10H13BrN2O/c1-13-6-5-9(14)7-3-2-4-8(11)10(7)12/h2-4,13H,5-6,12H2,1H3. The van der Waals surface area contributed by atoms with E-state index < -0.39 is 0 Å². The molecule has 3 N–H and O–H groups in total. The minimum absolute atomic E-state index is 0.0677. The first kappa shape index (κ1) is 11.2. The average molecular weight is 257 g/mol. The van der Waals surface area contributed by atoms with Gasteiger partial charge >= 0.3 is 0 Å². The lowest BCUT2D eigenvalue weighted by atomic mass is 10.1. The molecular formula is C10H13BrN2O. The quantitative estimate of drug-likeness (QED) is 0.639. The molecule has 3 nitrogen and oxygen atoms in total. The zero-order valence-electron chi connectivity index (χ0n) is 8.01. The summed E-state index contributed by atoms with van der Waals surface area (Å²) in [4.78, 5) is 11.6. The number of benzene rings is 1. The van der Waals surface area contributed by atoms with Gasteiger partial charge in [0.05, 0.1) is 5.69 Å². The fourth-order valence-corrected chi connectivity index (χ4v) is 1.52. The summed E-state index contributed by atoms with van der Waals surface area (Å²) in [7, 11) is 1.82. The number of hydrogen-bond acceptors (Lipinski definition) is 3. The Labute approximate surface area is 91.8 Å². The molecule has 0 aromatic heterocycles. The first-order chi connectivity index (χ1) is 6.66. The maximum atomic E-state index is 11.6. The van der Waals surface area contributed by atoms with E-state index in [2.05, 4.69) is 21.2 Å². The molecule has 0 fully saturated rings. The summed E-state index contributed by atoms with van der Waals surface area (Å²) in [5, 5.41) is 2.93. The molecule has 0 saturated heterocycles. The van der Waals surface area contributed by atoms with Crippen molar-refractivity contribution in [3.8, 4) is 0 Å². The molecule has 1 rings (SSSR count). The van der Waals surface area contributed by atoms with Crippen LogP contribution >= 0.6 is 15.9 Å². The summed E-state index contributed by atoms with van der Waals surface area (Å²) in [6, 6.07) is 5.38. The molecule has 4 heteroatoms. The third-order valence-corrected chi connectivity index (χ3v) is 2.65. The summed E-state index contributed by atoms with van der Waals surface area (Å²) in [5.41, 5.74) is 6.88. The fourth-order valence-electron chi connectivity index (χ4n) is 1.15. The van der Waals surface area contributed by atoms with Gasteiger partial charge in [-0.25, -0.2) is 0 Å². The van der Waals surface area contributed by atoms with Gasteiger partial charge in [-0.05, 0) is 35.1 Å². The third kappa shape index (κ3) is 2.56. The van der Waals surface area contributed by atoms with Crippen LogP contribution < -0.4 is 11.1 Å². The van der Waals surface area contributed by atoms with Gasteiger partial charge in [-0.15, -0.1) is 0 Å². The number of Topliss-reactive ketones (excluding diaryl/α,β-unsaturated/α-hetero) is 1. The number of ketones is 1. The van der Waals surface area contributed by atoms with Crippen molar-refractivity contribution in [1.82, 2.24) is 5.32 Å². The van der Waals surface area contributed by atoms with Crippen molar-refractivity contribution in [3.63, 3.8) is 0 Å². The highest BCUT2D eigenvalue weighted by Crippen LogP contribution is 2.23. The summed E-state index contributed by atoms with van der Waals surface area (Å²) in [5.74, 6) is 0.0677. The molecule has 0 aliphatic rings. The van der Waals surface area contributed by atoms with Crippen molar-refractivity contribution in [2.75, 3.05) is 19.3 Å². The largest absolute Gasteiger partial charge is 0.397 e. The fraction of sp³-hybridized carbons (Fsp3) is 0.300. The van der Waals surface area contributed by atoms with Gasteiger partial charge in [-0.3, -0.25) is 4.79 Å². The summed E-state index contributed by atoms with van der Waals surface area (Å²) < 4.78 is 0.771. The monoisotopic (exact) mass is 256 g/mol. The molecule has 0 aliphatic heterocycles. The van der Waals surface area contributed by atoms with Gasteiger partial charge in [0.2, 0.25) is 0 Å². The SMILES string of the molecule is CNCCC(=O)c1cccc(Br)c1N. The molecule has 0 bridgehead atoms. The Balaban J connectivity index is 2.84. The van der Waals surface area contributed by atoms with E-state index in [1.807, 2.05) is 19.2 Å². The predicted octanol–water partition coefficient (Wildman–Crippen LogP) is 1.82. The Morgan fingerprint density at radius 3 is 2.93 bits per heavy atom. The van der Waals surface area contributed by atoms with E-state index in [1.165, 1.54) is 0 Å². The van der Waals surface area contributed by atoms with Gasteiger partial charge < -0.3 is 11.1 Å². The second kappa shape index (κ2) is 5.12. The maximum absolute atomic E-state index is 11.6. The van der Waals surface area contributed by atoms with Crippen LogP contribution in [0.4, 0.5) is 5.69 Å². The number of nitrogen functional groups attached to an aromatic ring is 1. The van der Waals surface area contributed by atoms with Crippen LogP contribution in [0.1, 0.15) is 16.8 Å². The predicted molar refractivity (Wildman–Crippen MR) is 61.4 cm³/mol. The lowest BCUT2D eigenvalue weighted by Gasteiger charge is -2.05. The highest BCUT2D eigenvalue weighted by Gasteiger charge is 2.10. The van der Waals surface area contributed by atoms with Crippen LogP contribution in [0.3, 0.4) is 0 Å². The number of para-hydroxylation sites is 1. The molecule has 14 heavy (non-hydrogen) atoms. The second-order valence-electron chi connectivity index (χ2n) is 2.98. The lowest BCUT2D eigenvalue weighted by molar-refractivity contribution is 0.0984. The van der Waals surface area contributed by atoms with E-state index in [0.717, 1.165) is 4.47 Å². The van der Waals surface area contributed by atoms with Crippen molar-refractivity contribution >= 4 is 27.4 Å². The van der Waals surface area contributed by atoms with Crippen LogP contribution in [-0.2, 0) is 0 Å². The molecule has 0 radical (unpaired) electrons. The zero-order chi connectivity index (χ0) is 10.6. The number of nitrogens with one attached hydrogen (secondary N) is 1. The Hall–Kier alpha value is -0.870. The molecular weight excluding hydrogens is 244 g/mol. The van der Waals surface area contributed by atoms with Gasteiger partial charge in [0.15, 0.2) is 5.78 Å². The molecule has 0 amide bonds. The van der Waals surface area contributed by atoms with E-state index in [-0.39, 0.29) is 5.78 Å². The van der Waals surface area contributed by atoms with Crippen molar-refractivity contribution in [1.29, 1.82) is 0 Å². The molecule has 1 aromatic carbocycles. The first-order valence-electron chi connectivity index (χ1n) is 4.38. The molecule has 1 aromatic rings. The molecule has 76 valence electrons. The van der Waals surface area contributed by atoms with E-state index >= 15 is 0 Å². The average Bonchev–Trinajstić information content (AvgIpc) is 2.18. The normalized spacial score (nSPS) is 10.1. The van der Waals surface area contributed by atoms with Crippen molar-refractivity contribution in [2.24, 2.45) is 0 Å². The van der Waals surface area contributed by atoms with E-state index in [0.29, 0.717) is 24.2 Å².